The Morgan fingerprint density at radius 3 is 2.81 bits per heavy atom. The Morgan fingerprint density at radius 1 is 1.30 bits per heavy atom. The summed E-state index contributed by atoms with van der Waals surface area (Å²) in [5, 5.41) is 9.47. The topological polar surface area (TPSA) is 108 Å². The second-order valence-corrected chi connectivity index (χ2v) is 6.63. The second kappa shape index (κ2) is 6.42. The van der Waals surface area contributed by atoms with E-state index in [1.165, 1.54) is 6.20 Å². The van der Waals surface area contributed by atoms with E-state index in [9.17, 15) is 9.59 Å². The first-order valence-corrected chi connectivity index (χ1v) is 8.62. The molecular formula is C18H20N6O3. The zero-order valence-electron chi connectivity index (χ0n) is 15.1. The molecule has 3 heterocycles. The van der Waals surface area contributed by atoms with Gasteiger partial charge in [0.1, 0.15) is 0 Å². The van der Waals surface area contributed by atoms with Gasteiger partial charge in [-0.05, 0) is 24.6 Å². The highest BCUT2D eigenvalue weighted by Crippen LogP contribution is 2.27. The fraction of sp³-hybridized carbons (Fsp3) is 0.333. The predicted molar refractivity (Wildman–Crippen MR) is 97.6 cm³/mol. The largest absolute Gasteiger partial charge is 0.481 e. The Balaban J connectivity index is 1.53. The van der Waals surface area contributed by atoms with E-state index in [-0.39, 0.29) is 11.9 Å². The number of aryl methyl sites for hydroxylation is 1. The van der Waals surface area contributed by atoms with Gasteiger partial charge < -0.3 is 15.4 Å². The van der Waals surface area contributed by atoms with Crippen molar-refractivity contribution in [3.63, 3.8) is 0 Å². The first-order valence-electron chi connectivity index (χ1n) is 8.62. The molecule has 27 heavy (non-hydrogen) atoms. The number of ether oxygens (including phenoxy) is 1. The van der Waals surface area contributed by atoms with Crippen LogP contribution in [0.15, 0.2) is 30.6 Å². The lowest BCUT2D eigenvalue weighted by atomic mass is 10.1. The number of hydrogen-bond acceptors (Lipinski definition) is 5. The van der Waals surface area contributed by atoms with Gasteiger partial charge in [0, 0.05) is 31.9 Å². The molecule has 2 amide bonds. The van der Waals surface area contributed by atoms with Crippen LogP contribution in [0.2, 0.25) is 0 Å². The van der Waals surface area contributed by atoms with Gasteiger partial charge in [0.05, 0.1) is 35.8 Å². The number of nitrogens with two attached hydrogens (primary N) is 1. The van der Waals surface area contributed by atoms with Crippen molar-refractivity contribution in [2.45, 2.75) is 12.5 Å². The van der Waals surface area contributed by atoms with Crippen LogP contribution in [0.5, 0.6) is 5.88 Å². The minimum Gasteiger partial charge on any atom is -0.481 e. The number of amides is 2. The molecule has 1 fully saturated rings. The summed E-state index contributed by atoms with van der Waals surface area (Å²) in [7, 11) is 3.40. The minimum atomic E-state index is -0.508. The molecule has 140 valence electrons. The lowest BCUT2D eigenvalue weighted by molar-refractivity contribution is 0.0786. The van der Waals surface area contributed by atoms with Crippen molar-refractivity contribution >= 4 is 22.7 Å². The molecule has 0 aliphatic carbocycles. The first kappa shape index (κ1) is 17.1. The highest BCUT2D eigenvalue weighted by atomic mass is 16.5. The van der Waals surface area contributed by atoms with Gasteiger partial charge >= 0.3 is 0 Å². The van der Waals surface area contributed by atoms with Gasteiger partial charge in [-0.15, -0.1) is 0 Å². The lowest BCUT2D eigenvalue weighted by Crippen LogP contribution is -2.29. The second-order valence-electron chi connectivity index (χ2n) is 6.63. The van der Waals surface area contributed by atoms with Crippen LogP contribution in [0.1, 0.15) is 33.2 Å². The van der Waals surface area contributed by atoms with Crippen LogP contribution in [0.4, 0.5) is 0 Å². The zero-order valence-corrected chi connectivity index (χ0v) is 15.1. The van der Waals surface area contributed by atoms with Gasteiger partial charge in [0.15, 0.2) is 0 Å². The maximum absolute atomic E-state index is 12.9. The molecule has 9 nitrogen and oxygen atoms in total. The molecule has 9 heteroatoms. The lowest BCUT2D eigenvalue weighted by Gasteiger charge is -2.16. The fourth-order valence-corrected chi connectivity index (χ4v) is 3.54. The number of fused-ring (bicyclic) bond motifs is 1. The van der Waals surface area contributed by atoms with Crippen LogP contribution in [0.3, 0.4) is 0 Å². The Hall–Kier alpha value is -3.36. The summed E-state index contributed by atoms with van der Waals surface area (Å²) in [6.45, 7) is 1.15. The van der Waals surface area contributed by atoms with E-state index in [2.05, 4.69) is 10.2 Å². The summed E-state index contributed by atoms with van der Waals surface area (Å²) >= 11 is 0. The molecule has 3 aromatic rings. The van der Waals surface area contributed by atoms with Gasteiger partial charge in [0.25, 0.3) is 11.8 Å². The van der Waals surface area contributed by atoms with E-state index in [1.54, 1.807) is 46.8 Å². The number of benzene rings is 1. The number of carbonyl (C=O) groups is 2. The highest BCUT2D eigenvalue weighted by molar-refractivity contribution is 5.99. The van der Waals surface area contributed by atoms with Crippen LogP contribution in [0.25, 0.3) is 10.9 Å². The standard InChI is InChI=1S/C18H20N6O3/c1-22-18(27-2)14-4-3-11(7-15(14)21-22)17(26)23-6-5-13(10-23)24-9-12(8-20-24)16(19)25/h3-4,7-9,13H,5-6,10H2,1-2H3,(H2,19,25). The van der Waals surface area contributed by atoms with E-state index in [1.807, 2.05) is 6.07 Å². The van der Waals surface area contributed by atoms with Gasteiger partial charge in [-0.25, -0.2) is 4.68 Å². The van der Waals surface area contributed by atoms with Gasteiger partial charge in [-0.3, -0.25) is 14.3 Å². The normalized spacial score (nSPS) is 16.8. The molecule has 1 saturated heterocycles. The third-order valence-corrected chi connectivity index (χ3v) is 4.93. The van der Waals surface area contributed by atoms with Crippen LogP contribution >= 0.6 is 0 Å². The molecule has 4 rings (SSSR count). The van der Waals surface area contributed by atoms with Crippen molar-refractivity contribution in [1.29, 1.82) is 0 Å². The molecule has 2 N–H and O–H groups in total. The molecule has 2 aromatic heterocycles. The average Bonchev–Trinajstić information content (AvgIpc) is 3.37. The van der Waals surface area contributed by atoms with E-state index in [4.69, 9.17) is 10.5 Å². The Morgan fingerprint density at radius 2 is 2.11 bits per heavy atom. The molecule has 1 atom stereocenters. The minimum absolute atomic E-state index is 0.0284. The summed E-state index contributed by atoms with van der Waals surface area (Å²) in [5.74, 6) is 0.103. The molecule has 0 saturated carbocycles. The summed E-state index contributed by atoms with van der Waals surface area (Å²) in [5.41, 5.74) is 6.94. The molecule has 0 radical (unpaired) electrons. The monoisotopic (exact) mass is 368 g/mol. The van der Waals surface area contributed by atoms with E-state index >= 15 is 0 Å². The van der Waals surface area contributed by atoms with Crippen LogP contribution in [-0.4, -0.2) is 56.5 Å². The molecule has 1 aromatic carbocycles. The van der Waals surface area contributed by atoms with Crippen LogP contribution in [0, 0.1) is 0 Å². The van der Waals surface area contributed by atoms with Gasteiger partial charge in [-0.1, -0.05) is 0 Å². The van der Waals surface area contributed by atoms with Crippen molar-refractivity contribution in [3.05, 3.63) is 41.7 Å². The summed E-state index contributed by atoms with van der Waals surface area (Å²) in [4.78, 5) is 25.9. The summed E-state index contributed by atoms with van der Waals surface area (Å²) in [6.07, 6.45) is 3.85. The summed E-state index contributed by atoms with van der Waals surface area (Å²) < 4.78 is 8.70. The number of rotatable bonds is 4. The number of hydrogen-bond donors (Lipinski definition) is 1. The van der Waals surface area contributed by atoms with Gasteiger partial charge in [-0.2, -0.15) is 10.2 Å². The molecule has 1 aliphatic heterocycles. The Bertz CT molecular complexity index is 1040. The third-order valence-electron chi connectivity index (χ3n) is 4.93. The number of aromatic nitrogens is 4. The quantitative estimate of drug-likeness (QED) is 0.738. The van der Waals surface area contributed by atoms with Crippen molar-refractivity contribution in [3.8, 4) is 5.88 Å². The first-order chi connectivity index (χ1) is 13.0. The molecule has 0 spiro atoms. The maximum atomic E-state index is 12.9. The number of methoxy groups -OCH3 is 1. The Labute approximate surface area is 155 Å². The number of primary amides is 1. The molecular weight excluding hydrogens is 348 g/mol. The van der Waals surface area contributed by atoms with E-state index < -0.39 is 5.91 Å². The zero-order chi connectivity index (χ0) is 19.1. The third kappa shape index (κ3) is 2.90. The maximum Gasteiger partial charge on any atom is 0.254 e. The fourth-order valence-electron chi connectivity index (χ4n) is 3.54. The molecule has 1 unspecified atom stereocenters. The van der Waals surface area contributed by atoms with Crippen LogP contribution < -0.4 is 10.5 Å². The predicted octanol–water partition coefficient (Wildman–Crippen LogP) is 0.964. The smallest absolute Gasteiger partial charge is 0.254 e. The van der Waals surface area contributed by atoms with E-state index in [0.29, 0.717) is 35.6 Å². The number of likely N-dealkylation sites (tertiary alicyclic amines) is 1. The van der Waals surface area contributed by atoms with Crippen molar-refractivity contribution in [2.24, 2.45) is 12.8 Å². The molecule has 0 bridgehead atoms. The van der Waals surface area contributed by atoms with Crippen molar-refractivity contribution in [2.75, 3.05) is 20.2 Å². The average molecular weight is 368 g/mol. The Kier molecular flexibility index (Phi) is 4.06. The van der Waals surface area contributed by atoms with Crippen molar-refractivity contribution in [1.82, 2.24) is 24.5 Å². The van der Waals surface area contributed by atoms with E-state index in [0.717, 1.165) is 11.8 Å². The highest BCUT2D eigenvalue weighted by Gasteiger charge is 2.29. The number of carbonyl (C=O) groups excluding carboxylic acids is 2. The SMILES string of the molecule is COc1c2ccc(C(=O)N3CCC(n4cc(C(N)=O)cn4)C3)cc2nn1C. The van der Waals surface area contributed by atoms with Crippen LogP contribution in [-0.2, 0) is 7.05 Å². The van der Waals surface area contributed by atoms with Gasteiger partial charge in [0.2, 0.25) is 5.88 Å². The van der Waals surface area contributed by atoms with Crippen molar-refractivity contribution < 1.29 is 14.3 Å². The number of nitrogens with zero attached hydrogens (tertiary/aromatic N) is 5. The summed E-state index contributed by atoms with van der Waals surface area (Å²) in [6, 6.07) is 5.46. The molecule has 1 aliphatic rings.